The van der Waals surface area contributed by atoms with Gasteiger partial charge in [-0.15, -0.1) is 11.8 Å². The lowest BCUT2D eigenvalue weighted by atomic mass is 9.68. The third-order valence-corrected chi connectivity index (χ3v) is 11.2. The number of anilines is 1. The average molecular weight is 539 g/mol. The van der Waals surface area contributed by atoms with Crippen molar-refractivity contribution in [2.24, 2.45) is 29.6 Å². The third kappa shape index (κ3) is 3.15. The van der Waals surface area contributed by atoms with E-state index in [2.05, 4.69) is 4.98 Å². The number of H-pyrrole nitrogens is 1. The first-order valence-electron chi connectivity index (χ1n) is 12.2. The van der Waals surface area contributed by atoms with Gasteiger partial charge in [-0.3, -0.25) is 19.3 Å². The van der Waals surface area contributed by atoms with E-state index in [1.807, 2.05) is 18.2 Å². The van der Waals surface area contributed by atoms with Crippen LogP contribution in [0.25, 0.3) is 0 Å². The van der Waals surface area contributed by atoms with E-state index in [1.54, 1.807) is 26.0 Å². The molecule has 2 aliphatic heterocycles. The van der Waals surface area contributed by atoms with Crippen molar-refractivity contribution in [2.75, 3.05) is 19.1 Å². The molecule has 0 radical (unpaired) electrons. The molecule has 1 aromatic heterocycles. The number of benzene rings is 2. The van der Waals surface area contributed by atoms with Gasteiger partial charge in [-0.25, -0.2) is 4.39 Å². The molecule has 2 bridgehead atoms. The SMILES string of the molecule is COc1ccc([C@@H]2c3sc(=O)[nH]c3S[C@@H]3[C@H]4C[C@@H]([C@@H]5C(=O)N(c6ccc(F)cc6)C(=O)[C@H]45)[C@H]23)cc1OC. The Balaban J connectivity index is 1.32. The van der Waals surface area contributed by atoms with E-state index < -0.39 is 17.7 Å². The van der Waals surface area contributed by atoms with Gasteiger partial charge in [0.25, 0.3) is 0 Å². The minimum absolute atomic E-state index is 0.00199. The second kappa shape index (κ2) is 8.19. The van der Waals surface area contributed by atoms with Crippen LogP contribution in [0.3, 0.4) is 0 Å². The number of rotatable bonds is 4. The van der Waals surface area contributed by atoms with Crippen molar-refractivity contribution in [3.05, 3.63) is 68.4 Å². The predicted molar refractivity (Wildman–Crippen MR) is 137 cm³/mol. The fraction of sp³-hybridized carbons (Fsp3) is 0.370. The monoisotopic (exact) mass is 538 g/mol. The molecular formula is C27H23FN2O5S2. The lowest BCUT2D eigenvalue weighted by Crippen LogP contribution is -2.42. The lowest BCUT2D eigenvalue weighted by Gasteiger charge is -2.43. The molecule has 190 valence electrons. The Morgan fingerprint density at radius 3 is 2.35 bits per heavy atom. The first kappa shape index (κ1) is 23.0. The average Bonchev–Trinajstić information content (AvgIpc) is 3.63. The number of amides is 2. The van der Waals surface area contributed by atoms with Gasteiger partial charge in [0.05, 0.1) is 36.8 Å². The molecule has 37 heavy (non-hydrogen) atoms. The van der Waals surface area contributed by atoms with Crippen molar-refractivity contribution in [3.63, 3.8) is 0 Å². The van der Waals surface area contributed by atoms with E-state index >= 15 is 0 Å². The number of thioether (sulfide) groups is 1. The summed E-state index contributed by atoms with van der Waals surface area (Å²) in [6.45, 7) is 0. The maximum atomic E-state index is 13.7. The van der Waals surface area contributed by atoms with Crippen LogP contribution in [0.5, 0.6) is 11.5 Å². The fourth-order valence-electron chi connectivity index (χ4n) is 7.28. The molecule has 0 unspecified atom stereocenters. The lowest BCUT2D eigenvalue weighted by molar-refractivity contribution is -0.123. The Hall–Kier alpha value is -3.11. The number of ether oxygens (including phenoxy) is 2. The molecule has 3 aromatic rings. The number of nitrogens with one attached hydrogen (secondary N) is 1. The number of thiazole rings is 1. The number of halogens is 1. The zero-order chi connectivity index (χ0) is 25.6. The van der Waals surface area contributed by atoms with Gasteiger partial charge < -0.3 is 14.5 Å². The molecule has 1 saturated heterocycles. The number of carbonyl (C=O) groups is 2. The van der Waals surface area contributed by atoms with Crippen molar-refractivity contribution in [1.82, 2.24) is 4.98 Å². The Morgan fingerprint density at radius 2 is 1.65 bits per heavy atom. The molecule has 2 saturated carbocycles. The number of carbonyl (C=O) groups excluding carboxylic acids is 2. The van der Waals surface area contributed by atoms with Crippen LogP contribution in [0, 0.1) is 35.4 Å². The van der Waals surface area contributed by atoms with Gasteiger partial charge in [0.2, 0.25) is 11.8 Å². The number of methoxy groups -OCH3 is 2. The number of hydrogen-bond acceptors (Lipinski definition) is 7. The summed E-state index contributed by atoms with van der Waals surface area (Å²) in [7, 11) is 3.18. The minimum atomic E-state index is -0.413. The molecule has 10 heteroatoms. The van der Waals surface area contributed by atoms with Gasteiger partial charge in [-0.2, -0.15) is 0 Å². The standard InChI is InChI=1S/C27H23FN2O5S2/c1-34-16-8-3-11(9-17(16)35-2)18-19-14-10-15(22(19)36-24-23(18)37-27(33)29-24)21-20(14)25(31)30(26(21)32)13-6-4-12(28)5-7-13/h3-9,14-15,18-22H,10H2,1-2H3,(H,29,33)/t14-,15+,18+,19-,20+,21-,22-/m1/s1. The highest BCUT2D eigenvalue weighted by atomic mass is 32.2. The maximum absolute atomic E-state index is 13.7. The normalized spacial score (nSPS) is 31.3. The predicted octanol–water partition coefficient (Wildman–Crippen LogP) is 4.27. The van der Waals surface area contributed by atoms with E-state index in [4.69, 9.17) is 9.47 Å². The second-order valence-electron chi connectivity index (χ2n) is 10.1. The Kier molecular flexibility index (Phi) is 5.10. The zero-order valence-corrected chi connectivity index (χ0v) is 21.6. The largest absolute Gasteiger partial charge is 0.493 e. The second-order valence-corrected chi connectivity index (χ2v) is 12.3. The van der Waals surface area contributed by atoms with Gasteiger partial charge in [-0.05, 0) is 66.1 Å². The van der Waals surface area contributed by atoms with E-state index in [-0.39, 0.29) is 45.6 Å². The van der Waals surface area contributed by atoms with Gasteiger partial charge in [0.15, 0.2) is 11.5 Å². The molecule has 7 atom stereocenters. The van der Waals surface area contributed by atoms with Crippen molar-refractivity contribution in [3.8, 4) is 11.5 Å². The molecule has 1 N–H and O–H groups in total. The van der Waals surface area contributed by atoms with Crippen LogP contribution >= 0.6 is 23.1 Å². The molecule has 2 amide bonds. The molecule has 0 spiro atoms. The van der Waals surface area contributed by atoms with Gasteiger partial charge in [0.1, 0.15) is 5.82 Å². The van der Waals surface area contributed by atoms with Crippen molar-refractivity contribution < 1.29 is 23.5 Å². The van der Waals surface area contributed by atoms with Crippen molar-refractivity contribution in [1.29, 1.82) is 0 Å². The summed E-state index contributed by atoms with van der Waals surface area (Å²) in [5.41, 5.74) is 1.42. The van der Waals surface area contributed by atoms with Gasteiger partial charge >= 0.3 is 4.87 Å². The number of hydrogen-bond donors (Lipinski definition) is 1. The Bertz CT molecular complexity index is 1500. The zero-order valence-electron chi connectivity index (χ0n) is 20.0. The van der Waals surface area contributed by atoms with Crippen LogP contribution in [0.1, 0.15) is 22.8 Å². The van der Waals surface area contributed by atoms with Crippen molar-refractivity contribution >= 4 is 40.6 Å². The van der Waals surface area contributed by atoms with Crippen LogP contribution in [-0.4, -0.2) is 36.3 Å². The highest BCUT2D eigenvalue weighted by Gasteiger charge is 2.69. The maximum Gasteiger partial charge on any atom is 0.305 e. The van der Waals surface area contributed by atoms with Crippen LogP contribution in [-0.2, 0) is 9.59 Å². The van der Waals surface area contributed by atoms with Gasteiger partial charge in [-0.1, -0.05) is 17.4 Å². The Labute approximate surface area is 220 Å². The summed E-state index contributed by atoms with van der Waals surface area (Å²) in [4.78, 5) is 44.9. The summed E-state index contributed by atoms with van der Waals surface area (Å²) in [6, 6.07) is 11.4. The molecule has 4 aliphatic rings. The number of aromatic nitrogens is 1. The summed E-state index contributed by atoms with van der Waals surface area (Å²) in [5.74, 6) is -0.394. The molecular weight excluding hydrogens is 515 g/mol. The molecule has 7 nitrogen and oxygen atoms in total. The van der Waals surface area contributed by atoms with Crippen LogP contribution in [0.4, 0.5) is 10.1 Å². The Morgan fingerprint density at radius 1 is 0.946 bits per heavy atom. The number of imide groups is 1. The highest BCUT2D eigenvalue weighted by molar-refractivity contribution is 8.00. The highest BCUT2D eigenvalue weighted by Crippen LogP contribution is 2.68. The quantitative estimate of drug-likeness (QED) is 0.499. The molecule has 3 heterocycles. The number of aromatic amines is 1. The van der Waals surface area contributed by atoms with E-state index in [1.165, 1.54) is 40.5 Å². The minimum Gasteiger partial charge on any atom is -0.493 e. The van der Waals surface area contributed by atoms with E-state index in [0.717, 1.165) is 21.9 Å². The number of nitrogens with zero attached hydrogens (tertiary/aromatic N) is 1. The van der Waals surface area contributed by atoms with Crippen molar-refractivity contribution in [2.45, 2.75) is 22.6 Å². The van der Waals surface area contributed by atoms with E-state index in [9.17, 15) is 18.8 Å². The van der Waals surface area contributed by atoms with Crippen LogP contribution in [0.15, 0.2) is 52.3 Å². The molecule has 2 aromatic carbocycles. The smallest absolute Gasteiger partial charge is 0.305 e. The molecule has 7 rings (SSSR count). The topological polar surface area (TPSA) is 88.7 Å². The van der Waals surface area contributed by atoms with Gasteiger partial charge in [0, 0.05) is 16.0 Å². The van der Waals surface area contributed by atoms with E-state index in [0.29, 0.717) is 17.2 Å². The van der Waals surface area contributed by atoms with Crippen LogP contribution < -0.4 is 19.2 Å². The summed E-state index contributed by atoms with van der Waals surface area (Å²) in [6.07, 6.45) is 0.801. The summed E-state index contributed by atoms with van der Waals surface area (Å²) >= 11 is 2.86. The first-order valence-corrected chi connectivity index (χ1v) is 13.9. The molecule has 3 fully saturated rings. The third-order valence-electron chi connectivity index (χ3n) is 8.58. The summed E-state index contributed by atoms with van der Waals surface area (Å²) < 4.78 is 24.6. The molecule has 2 aliphatic carbocycles. The summed E-state index contributed by atoms with van der Waals surface area (Å²) in [5, 5.41) is 0.944. The van der Waals surface area contributed by atoms with Crippen LogP contribution in [0.2, 0.25) is 0 Å². The number of fused-ring (bicyclic) bond motifs is 9. The first-order chi connectivity index (χ1) is 17.9. The fourth-order valence-corrected chi connectivity index (χ4v) is 10.2.